The molecular formula is C27H23FN4O6S. The molecule has 0 radical (unpaired) electrons. The standard InChI is InChI=1S/C27H23FN4O6S/c28-18-5-3-17(4-6-18)15-32-16-21-23(27(32)34)25(33)24-20(2-1-9-29-24)26(21)38-39(35,36)19-7-8-22(30-14-19)31-10-12-37-13-11-31/h1-9,14,16,33-34H,10-13,15H2. The minimum absolute atomic E-state index is 0.0192. The number of pyridine rings is 2. The summed E-state index contributed by atoms with van der Waals surface area (Å²) in [7, 11) is -4.37. The molecule has 0 bridgehead atoms. The fourth-order valence-electron chi connectivity index (χ4n) is 4.65. The van der Waals surface area contributed by atoms with Crippen molar-refractivity contribution in [2.75, 3.05) is 31.2 Å². The highest BCUT2D eigenvalue weighted by Crippen LogP contribution is 2.46. The van der Waals surface area contributed by atoms with Gasteiger partial charge in [0.05, 0.1) is 36.7 Å². The molecule has 1 aliphatic heterocycles. The van der Waals surface area contributed by atoms with E-state index in [4.69, 9.17) is 8.92 Å². The zero-order valence-corrected chi connectivity index (χ0v) is 21.3. The fraction of sp³-hybridized carbons (Fsp3) is 0.185. The third-order valence-electron chi connectivity index (χ3n) is 6.61. The summed E-state index contributed by atoms with van der Waals surface area (Å²) in [5.41, 5.74) is 0.738. The summed E-state index contributed by atoms with van der Waals surface area (Å²) in [6.45, 7) is 2.56. The summed E-state index contributed by atoms with van der Waals surface area (Å²) in [5, 5.41) is 22.4. The lowest BCUT2D eigenvalue weighted by Gasteiger charge is -2.27. The highest BCUT2D eigenvalue weighted by molar-refractivity contribution is 7.87. The number of morpholine rings is 1. The van der Waals surface area contributed by atoms with Crippen LogP contribution in [0.5, 0.6) is 17.4 Å². The molecule has 0 spiro atoms. The molecule has 0 saturated carbocycles. The maximum absolute atomic E-state index is 13.4. The monoisotopic (exact) mass is 550 g/mol. The van der Waals surface area contributed by atoms with E-state index in [0.29, 0.717) is 37.7 Å². The van der Waals surface area contributed by atoms with E-state index in [9.17, 15) is 23.0 Å². The van der Waals surface area contributed by atoms with Gasteiger partial charge in [-0.1, -0.05) is 12.1 Å². The molecule has 10 nitrogen and oxygen atoms in total. The van der Waals surface area contributed by atoms with Crippen LogP contribution in [0.3, 0.4) is 0 Å². The Kier molecular flexibility index (Phi) is 6.20. The molecular weight excluding hydrogens is 527 g/mol. The van der Waals surface area contributed by atoms with Crippen molar-refractivity contribution < 1.29 is 31.9 Å². The van der Waals surface area contributed by atoms with Gasteiger partial charge in [0.1, 0.15) is 22.0 Å². The summed E-state index contributed by atoms with van der Waals surface area (Å²) in [6.07, 6.45) is 4.15. The Labute approximate surface area is 222 Å². The van der Waals surface area contributed by atoms with Crippen LogP contribution in [0.15, 0.2) is 72.0 Å². The summed E-state index contributed by atoms with van der Waals surface area (Å²) >= 11 is 0. The van der Waals surface area contributed by atoms with Crippen LogP contribution >= 0.6 is 0 Å². The zero-order chi connectivity index (χ0) is 27.1. The van der Waals surface area contributed by atoms with E-state index in [1.165, 1.54) is 41.4 Å². The van der Waals surface area contributed by atoms with Crippen molar-refractivity contribution in [1.29, 1.82) is 0 Å². The van der Waals surface area contributed by atoms with Crippen molar-refractivity contribution in [2.24, 2.45) is 0 Å². The Bertz CT molecular complexity index is 1780. The Morgan fingerprint density at radius 2 is 1.77 bits per heavy atom. The number of nitrogens with zero attached hydrogens (tertiary/aromatic N) is 4. The Morgan fingerprint density at radius 3 is 2.49 bits per heavy atom. The Hall–Kier alpha value is -4.42. The average molecular weight is 551 g/mol. The van der Waals surface area contributed by atoms with Crippen LogP contribution < -0.4 is 9.08 Å². The molecule has 3 aromatic heterocycles. The van der Waals surface area contributed by atoms with Crippen molar-refractivity contribution in [1.82, 2.24) is 14.5 Å². The minimum atomic E-state index is -4.37. The van der Waals surface area contributed by atoms with E-state index in [1.54, 1.807) is 30.3 Å². The number of hydrogen-bond acceptors (Lipinski definition) is 9. The zero-order valence-electron chi connectivity index (χ0n) is 20.5. The van der Waals surface area contributed by atoms with Gasteiger partial charge >= 0.3 is 10.1 Å². The van der Waals surface area contributed by atoms with Crippen molar-refractivity contribution in [3.8, 4) is 17.4 Å². The number of phenolic OH excluding ortho intramolecular Hbond substituents is 1. The first-order valence-corrected chi connectivity index (χ1v) is 13.5. The Balaban J connectivity index is 1.43. The van der Waals surface area contributed by atoms with Gasteiger partial charge in [0.2, 0.25) is 5.88 Å². The van der Waals surface area contributed by atoms with Gasteiger partial charge in [-0.3, -0.25) is 4.98 Å². The molecule has 39 heavy (non-hydrogen) atoms. The van der Waals surface area contributed by atoms with Crippen LogP contribution in [0.4, 0.5) is 10.2 Å². The molecule has 0 amide bonds. The van der Waals surface area contributed by atoms with Crippen molar-refractivity contribution in [3.05, 3.63) is 78.5 Å². The van der Waals surface area contributed by atoms with Gasteiger partial charge in [0.25, 0.3) is 0 Å². The molecule has 200 valence electrons. The first kappa shape index (κ1) is 24.9. The third kappa shape index (κ3) is 4.57. The lowest BCUT2D eigenvalue weighted by Crippen LogP contribution is -2.36. The summed E-state index contributed by atoms with van der Waals surface area (Å²) in [4.78, 5) is 10.3. The number of rotatable bonds is 6. The van der Waals surface area contributed by atoms with Crippen LogP contribution in [-0.2, 0) is 21.4 Å². The summed E-state index contributed by atoms with van der Waals surface area (Å²) in [6, 6.07) is 11.9. The number of phenols is 1. The van der Waals surface area contributed by atoms with Gasteiger partial charge in [-0.15, -0.1) is 0 Å². The molecule has 1 fully saturated rings. The molecule has 0 unspecified atom stereocenters. The van der Waals surface area contributed by atoms with Crippen molar-refractivity contribution >= 4 is 37.6 Å². The second kappa shape index (κ2) is 9.71. The molecule has 4 heterocycles. The SMILES string of the molecule is O=S(=O)(Oc1c2cccnc2c(O)c2c(O)n(Cc3ccc(F)cc3)cc12)c1ccc(N2CCOCC2)nc1. The summed E-state index contributed by atoms with van der Waals surface area (Å²) in [5.74, 6) is -0.516. The number of fused-ring (bicyclic) bond motifs is 2. The molecule has 0 aliphatic carbocycles. The predicted molar refractivity (Wildman–Crippen MR) is 141 cm³/mol. The molecule has 6 rings (SSSR count). The van der Waals surface area contributed by atoms with E-state index in [0.717, 1.165) is 0 Å². The van der Waals surface area contributed by atoms with E-state index < -0.39 is 15.9 Å². The first-order valence-electron chi connectivity index (χ1n) is 12.1. The largest absolute Gasteiger partial charge is 0.505 e. The second-order valence-corrected chi connectivity index (χ2v) is 10.6. The molecule has 1 saturated heterocycles. The van der Waals surface area contributed by atoms with Gasteiger partial charge in [0.15, 0.2) is 11.5 Å². The second-order valence-electron chi connectivity index (χ2n) is 9.06. The molecule has 5 aromatic rings. The molecule has 1 aliphatic rings. The van der Waals surface area contributed by atoms with Crippen molar-refractivity contribution in [3.63, 3.8) is 0 Å². The number of anilines is 1. The smallest absolute Gasteiger partial charge is 0.340 e. The third-order valence-corrected chi connectivity index (χ3v) is 7.82. The van der Waals surface area contributed by atoms with E-state index in [1.807, 2.05) is 4.90 Å². The van der Waals surface area contributed by atoms with E-state index >= 15 is 0 Å². The highest BCUT2D eigenvalue weighted by Gasteiger charge is 2.27. The van der Waals surface area contributed by atoms with Crippen LogP contribution in [0.2, 0.25) is 0 Å². The van der Waals surface area contributed by atoms with Gasteiger partial charge < -0.3 is 28.6 Å². The maximum atomic E-state index is 13.4. The lowest BCUT2D eigenvalue weighted by molar-refractivity contribution is 0.122. The number of halogens is 1. The molecule has 12 heteroatoms. The van der Waals surface area contributed by atoms with Crippen LogP contribution in [0, 0.1) is 5.82 Å². The van der Waals surface area contributed by atoms with Crippen molar-refractivity contribution in [2.45, 2.75) is 11.4 Å². The highest BCUT2D eigenvalue weighted by atomic mass is 32.2. The normalized spacial score (nSPS) is 14.2. The number of benzene rings is 2. The van der Waals surface area contributed by atoms with Gasteiger partial charge in [-0.25, -0.2) is 9.37 Å². The van der Waals surface area contributed by atoms with Crippen LogP contribution in [-0.4, -0.2) is 59.5 Å². The van der Waals surface area contributed by atoms with Crippen LogP contribution in [0.25, 0.3) is 21.7 Å². The topological polar surface area (TPSA) is 127 Å². The predicted octanol–water partition coefficient (Wildman–Crippen LogP) is 3.79. The first-order chi connectivity index (χ1) is 18.8. The number of hydrogen-bond donors (Lipinski definition) is 2. The number of aromatic nitrogens is 3. The molecule has 2 aromatic carbocycles. The molecule has 2 N–H and O–H groups in total. The van der Waals surface area contributed by atoms with Gasteiger partial charge in [-0.05, 0) is 42.0 Å². The fourth-order valence-corrected chi connectivity index (χ4v) is 5.56. The maximum Gasteiger partial charge on any atom is 0.340 e. The summed E-state index contributed by atoms with van der Waals surface area (Å²) < 4.78 is 52.6. The van der Waals surface area contributed by atoms with Gasteiger partial charge in [0, 0.05) is 30.9 Å². The lowest BCUT2D eigenvalue weighted by atomic mass is 10.1. The number of ether oxygens (including phenoxy) is 1. The Morgan fingerprint density at radius 1 is 1.00 bits per heavy atom. The quantitative estimate of drug-likeness (QED) is 0.304. The average Bonchev–Trinajstić information content (AvgIpc) is 3.28. The van der Waals surface area contributed by atoms with E-state index in [2.05, 4.69) is 9.97 Å². The minimum Gasteiger partial charge on any atom is -0.505 e. The molecule has 0 atom stereocenters. The van der Waals surface area contributed by atoms with Gasteiger partial charge in [-0.2, -0.15) is 8.42 Å². The van der Waals surface area contributed by atoms with E-state index in [-0.39, 0.29) is 50.5 Å². The van der Waals surface area contributed by atoms with Crippen LogP contribution in [0.1, 0.15) is 5.56 Å². The number of aromatic hydroxyl groups is 2.